The van der Waals surface area contributed by atoms with Gasteiger partial charge in [0.1, 0.15) is 0 Å². The molecule has 0 aliphatic rings. The number of amides is 1. The lowest BCUT2D eigenvalue weighted by atomic mass is 10.2. The van der Waals surface area contributed by atoms with Gasteiger partial charge in [-0.1, -0.05) is 29.8 Å². The highest BCUT2D eigenvalue weighted by Crippen LogP contribution is 2.26. The largest absolute Gasteiger partial charge is 0.380 e. The molecule has 0 fully saturated rings. The van der Waals surface area contributed by atoms with Gasteiger partial charge in [0.15, 0.2) is 0 Å². The summed E-state index contributed by atoms with van der Waals surface area (Å²) in [5, 5.41) is 3.29. The van der Waals surface area contributed by atoms with E-state index in [2.05, 4.69) is 5.32 Å². The van der Waals surface area contributed by atoms with Crippen LogP contribution in [-0.4, -0.2) is 34.2 Å². The summed E-state index contributed by atoms with van der Waals surface area (Å²) in [7, 11) is -1.89. The molecule has 2 aromatic rings. The highest BCUT2D eigenvalue weighted by molar-refractivity contribution is 7.92. The normalized spacial score (nSPS) is 11.3. The van der Waals surface area contributed by atoms with Crippen LogP contribution in [-0.2, 0) is 26.2 Å². The SMILES string of the molecule is COCc1cccc(NC(=O)CCCN(c2cc(Cl)ccc2C)S(C)(=O)=O)c1. The predicted molar refractivity (Wildman–Crippen MR) is 113 cm³/mol. The van der Waals surface area contributed by atoms with Gasteiger partial charge in [-0.05, 0) is 48.7 Å². The number of benzene rings is 2. The van der Waals surface area contributed by atoms with Crippen molar-refractivity contribution in [1.82, 2.24) is 0 Å². The maximum atomic E-state index is 12.2. The molecule has 0 aromatic heterocycles. The first-order valence-electron chi connectivity index (χ1n) is 8.82. The van der Waals surface area contributed by atoms with Gasteiger partial charge in [-0.15, -0.1) is 0 Å². The van der Waals surface area contributed by atoms with Crippen molar-refractivity contribution in [2.75, 3.05) is 29.5 Å². The van der Waals surface area contributed by atoms with Crippen LogP contribution in [0.1, 0.15) is 24.0 Å². The molecule has 1 amide bonds. The lowest BCUT2D eigenvalue weighted by molar-refractivity contribution is -0.116. The summed E-state index contributed by atoms with van der Waals surface area (Å²) in [6.07, 6.45) is 1.72. The van der Waals surface area contributed by atoms with E-state index in [9.17, 15) is 13.2 Å². The standard InChI is InChI=1S/C20H25ClN2O4S/c1-15-9-10-17(21)13-19(15)23(28(3,25)26)11-5-8-20(24)22-18-7-4-6-16(12-18)14-27-2/h4,6-7,9-10,12-13H,5,8,11,14H2,1-3H3,(H,22,24). The number of methoxy groups -OCH3 is 1. The smallest absolute Gasteiger partial charge is 0.232 e. The van der Waals surface area contributed by atoms with Crippen molar-refractivity contribution >= 4 is 38.9 Å². The van der Waals surface area contributed by atoms with E-state index in [0.29, 0.717) is 29.4 Å². The molecule has 2 rings (SSSR count). The minimum atomic E-state index is -3.50. The van der Waals surface area contributed by atoms with Crippen LogP contribution >= 0.6 is 11.6 Å². The number of hydrogen-bond acceptors (Lipinski definition) is 4. The molecule has 6 nitrogen and oxygen atoms in total. The number of carbonyl (C=O) groups is 1. The van der Waals surface area contributed by atoms with Crippen LogP contribution in [0.25, 0.3) is 0 Å². The van der Waals surface area contributed by atoms with Crippen molar-refractivity contribution in [2.45, 2.75) is 26.4 Å². The van der Waals surface area contributed by atoms with E-state index in [4.69, 9.17) is 16.3 Å². The zero-order valence-electron chi connectivity index (χ0n) is 16.2. The lowest BCUT2D eigenvalue weighted by Gasteiger charge is -2.24. The Morgan fingerprint density at radius 3 is 2.64 bits per heavy atom. The Morgan fingerprint density at radius 1 is 1.21 bits per heavy atom. The number of halogens is 1. The number of hydrogen-bond donors (Lipinski definition) is 1. The Labute approximate surface area is 171 Å². The van der Waals surface area contributed by atoms with Gasteiger partial charge in [0, 0.05) is 30.8 Å². The Kier molecular flexibility index (Phi) is 7.86. The number of sulfonamides is 1. The van der Waals surface area contributed by atoms with Crippen LogP contribution in [0.3, 0.4) is 0 Å². The summed E-state index contributed by atoms with van der Waals surface area (Å²) in [4.78, 5) is 12.2. The van der Waals surface area contributed by atoms with Gasteiger partial charge >= 0.3 is 0 Å². The number of anilines is 2. The topological polar surface area (TPSA) is 75.7 Å². The average molecular weight is 425 g/mol. The minimum Gasteiger partial charge on any atom is -0.380 e. The van der Waals surface area contributed by atoms with Gasteiger partial charge in [-0.3, -0.25) is 9.10 Å². The molecule has 0 aliphatic carbocycles. The van der Waals surface area contributed by atoms with Crippen molar-refractivity contribution in [2.24, 2.45) is 0 Å². The summed E-state index contributed by atoms with van der Waals surface area (Å²) in [6, 6.07) is 12.5. The number of carbonyl (C=O) groups excluding carboxylic acids is 1. The number of nitrogens with zero attached hydrogens (tertiary/aromatic N) is 1. The van der Waals surface area contributed by atoms with Gasteiger partial charge in [-0.2, -0.15) is 0 Å². The van der Waals surface area contributed by atoms with Crippen LogP contribution < -0.4 is 9.62 Å². The van der Waals surface area contributed by atoms with Gasteiger partial charge in [0.05, 0.1) is 18.6 Å². The van der Waals surface area contributed by atoms with Crippen LogP contribution in [0.15, 0.2) is 42.5 Å². The van der Waals surface area contributed by atoms with Crippen LogP contribution in [0, 0.1) is 6.92 Å². The molecule has 0 bridgehead atoms. The Balaban J connectivity index is 1.99. The molecule has 1 N–H and O–H groups in total. The molecule has 0 aliphatic heterocycles. The molecule has 0 heterocycles. The zero-order chi connectivity index (χ0) is 20.7. The molecular formula is C20H25ClN2O4S. The van der Waals surface area contributed by atoms with Crippen LogP contribution in [0.4, 0.5) is 11.4 Å². The molecule has 152 valence electrons. The molecular weight excluding hydrogens is 400 g/mol. The highest BCUT2D eigenvalue weighted by atomic mass is 35.5. The summed E-state index contributed by atoms with van der Waals surface area (Å²) in [5.74, 6) is -0.175. The summed E-state index contributed by atoms with van der Waals surface area (Å²) in [5.41, 5.74) is 2.97. The maximum Gasteiger partial charge on any atom is 0.232 e. The first-order chi connectivity index (χ1) is 13.2. The van der Waals surface area contributed by atoms with E-state index in [0.717, 1.165) is 17.4 Å². The quantitative estimate of drug-likeness (QED) is 0.660. The molecule has 2 aromatic carbocycles. The van der Waals surface area contributed by atoms with Crippen molar-refractivity contribution in [3.8, 4) is 0 Å². The van der Waals surface area contributed by atoms with Gasteiger partial charge < -0.3 is 10.1 Å². The van der Waals surface area contributed by atoms with Gasteiger partial charge in [-0.25, -0.2) is 8.42 Å². The second kappa shape index (κ2) is 9.91. The Bertz CT molecular complexity index is 932. The fourth-order valence-corrected chi connectivity index (χ4v) is 4.01. The van der Waals surface area contributed by atoms with Crippen molar-refractivity contribution < 1.29 is 17.9 Å². The number of nitrogens with one attached hydrogen (secondary N) is 1. The number of ether oxygens (including phenoxy) is 1. The third-order valence-electron chi connectivity index (χ3n) is 4.13. The van der Waals surface area contributed by atoms with Gasteiger partial charge in [0.2, 0.25) is 15.9 Å². The molecule has 0 radical (unpaired) electrons. The molecule has 8 heteroatoms. The summed E-state index contributed by atoms with van der Waals surface area (Å²) in [6.45, 7) is 2.48. The van der Waals surface area contributed by atoms with Crippen LogP contribution in [0.5, 0.6) is 0 Å². The third kappa shape index (κ3) is 6.51. The number of rotatable bonds is 9. The molecule has 28 heavy (non-hydrogen) atoms. The second-order valence-electron chi connectivity index (χ2n) is 6.55. The second-order valence-corrected chi connectivity index (χ2v) is 8.89. The van der Waals surface area contributed by atoms with Crippen molar-refractivity contribution in [3.63, 3.8) is 0 Å². The maximum absolute atomic E-state index is 12.2. The first kappa shape index (κ1) is 22.2. The van der Waals surface area contributed by atoms with E-state index >= 15 is 0 Å². The minimum absolute atomic E-state index is 0.175. The van der Waals surface area contributed by atoms with Gasteiger partial charge in [0.25, 0.3) is 0 Å². The summed E-state index contributed by atoms with van der Waals surface area (Å²) < 4.78 is 30.8. The monoisotopic (exact) mass is 424 g/mol. The Hall–Kier alpha value is -2.09. The molecule has 0 saturated carbocycles. The third-order valence-corrected chi connectivity index (χ3v) is 5.54. The fraction of sp³-hybridized carbons (Fsp3) is 0.350. The van der Waals surface area contributed by atoms with Crippen molar-refractivity contribution in [1.29, 1.82) is 0 Å². The molecule has 0 saturated heterocycles. The predicted octanol–water partition coefficient (Wildman–Crippen LogP) is 3.98. The molecule has 0 spiro atoms. The van der Waals surface area contributed by atoms with E-state index in [1.807, 2.05) is 25.1 Å². The van der Waals surface area contributed by atoms with Crippen molar-refractivity contribution in [3.05, 3.63) is 58.6 Å². The molecule has 0 unspecified atom stereocenters. The molecule has 0 atom stereocenters. The van der Waals surface area contributed by atoms with Crippen LogP contribution in [0.2, 0.25) is 5.02 Å². The highest BCUT2D eigenvalue weighted by Gasteiger charge is 2.19. The lowest BCUT2D eigenvalue weighted by Crippen LogP contribution is -2.32. The average Bonchev–Trinajstić information content (AvgIpc) is 2.61. The van der Waals surface area contributed by atoms with E-state index in [1.54, 1.807) is 31.4 Å². The Morgan fingerprint density at radius 2 is 1.96 bits per heavy atom. The van der Waals surface area contributed by atoms with E-state index in [1.165, 1.54) is 4.31 Å². The fourth-order valence-electron chi connectivity index (χ4n) is 2.83. The summed E-state index contributed by atoms with van der Waals surface area (Å²) >= 11 is 6.03. The van der Waals surface area contributed by atoms with E-state index in [-0.39, 0.29) is 18.9 Å². The van der Waals surface area contributed by atoms with E-state index < -0.39 is 10.0 Å². The first-order valence-corrected chi connectivity index (χ1v) is 11.0. The number of aryl methyl sites for hydroxylation is 1. The zero-order valence-corrected chi connectivity index (χ0v) is 17.8.